The second kappa shape index (κ2) is 5.42. The molecular weight excluding hydrogens is 224 g/mol. The van der Waals surface area contributed by atoms with Gasteiger partial charge in [-0.05, 0) is 36.8 Å². The molecule has 1 aliphatic rings. The molecule has 0 aromatic heterocycles. The zero-order chi connectivity index (χ0) is 13.1. The molecule has 3 nitrogen and oxygen atoms in total. The highest BCUT2D eigenvalue weighted by Gasteiger charge is 2.23. The van der Waals surface area contributed by atoms with Gasteiger partial charge in [0.2, 0.25) is 0 Å². The molecule has 1 aliphatic carbocycles. The standard InChI is InChI=1S/C15H22N2O/c1-10(2)12-4-6-13(7-5-12)11(3)16-15(18)17-14-8-9-14/h4-7,10-11,14H,8-9H2,1-3H3,(H2,16,17,18). The van der Waals surface area contributed by atoms with Crippen LogP contribution in [-0.2, 0) is 0 Å². The van der Waals surface area contributed by atoms with Gasteiger partial charge in [-0.3, -0.25) is 0 Å². The Hall–Kier alpha value is -1.51. The molecule has 1 fully saturated rings. The topological polar surface area (TPSA) is 41.1 Å². The molecule has 1 aromatic carbocycles. The molecule has 1 atom stereocenters. The first-order valence-electron chi connectivity index (χ1n) is 6.73. The van der Waals surface area contributed by atoms with Gasteiger partial charge in [-0.1, -0.05) is 38.1 Å². The maximum absolute atomic E-state index is 11.6. The van der Waals surface area contributed by atoms with Crippen molar-refractivity contribution in [1.82, 2.24) is 10.6 Å². The van der Waals surface area contributed by atoms with Crippen LogP contribution in [-0.4, -0.2) is 12.1 Å². The van der Waals surface area contributed by atoms with E-state index in [1.807, 2.05) is 6.92 Å². The quantitative estimate of drug-likeness (QED) is 0.840. The van der Waals surface area contributed by atoms with E-state index in [0.717, 1.165) is 18.4 Å². The summed E-state index contributed by atoms with van der Waals surface area (Å²) in [6, 6.07) is 8.85. The molecule has 18 heavy (non-hydrogen) atoms. The third-order valence-electron chi connectivity index (χ3n) is 3.36. The highest BCUT2D eigenvalue weighted by molar-refractivity contribution is 5.75. The van der Waals surface area contributed by atoms with Crippen LogP contribution in [0.2, 0.25) is 0 Å². The van der Waals surface area contributed by atoms with Crippen molar-refractivity contribution >= 4 is 6.03 Å². The third kappa shape index (κ3) is 3.49. The van der Waals surface area contributed by atoms with Gasteiger partial charge >= 0.3 is 6.03 Å². The molecule has 1 aromatic rings. The van der Waals surface area contributed by atoms with Gasteiger partial charge in [0.05, 0.1) is 6.04 Å². The number of carbonyl (C=O) groups is 1. The monoisotopic (exact) mass is 246 g/mol. The minimum Gasteiger partial charge on any atom is -0.335 e. The average molecular weight is 246 g/mol. The minimum atomic E-state index is -0.0575. The van der Waals surface area contributed by atoms with Crippen molar-refractivity contribution in [2.75, 3.05) is 0 Å². The van der Waals surface area contributed by atoms with Crippen molar-refractivity contribution in [3.05, 3.63) is 35.4 Å². The van der Waals surface area contributed by atoms with Crippen molar-refractivity contribution < 1.29 is 4.79 Å². The number of rotatable bonds is 4. The molecule has 1 unspecified atom stereocenters. The molecule has 2 N–H and O–H groups in total. The van der Waals surface area contributed by atoms with Crippen molar-refractivity contribution in [1.29, 1.82) is 0 Å². The van der Waals surface area contributed by atoms with Crippen LogP contribution in [0, 0.1) is 0 Å². The Bertz CT molecular complexity index is 407. The fraction of sp³-hybridized carbons (Fsp3) is 0.533. The lowest BCUT2D eigenvalue weighted by Crippen LogP contribution is -2.38. The molecule has 0 heterocycles. The van der Waals surface area contributed by atoms with E-state index >= 15 is 0 Å². The largest absolute Gasteiger partial charge is 0.335 e. The summed E-state index contributed by atoms with van der Waals surface area (Å²) in [5, 5.41) is 5.90. The van der Waals surface area contributed by atoms with Gasteiger partial charge in [0.15, 0.2) is 0 Å². The second-order valence-corrected chi connectivity index (χ2v) is 5.44. The lowest BCUT2D eigenvalue weighted by molar-refractivity contribution is 0.237. The molecule has 0 bridgehead atoms. The second-order valence-electron chi connectivity index (χ2n) is 5.44. The number of nitrogens with one attached hydrogen (secondary N) is 2. The zero-order valence-electron chi connectivity index (χ0n) is 11.4. The van der Waals surface area contributed by atoms with Crippen LogP contribution in [0.1, 0.15) is 56.7 Å². The summed E-state index contributed by atoms with van der Waals surface area (Å²) in [4.78, 5) is 11.6. The number of amides is 2. The fourth-order valence-electron chi connectivity index (χ4n) is 1.90. The Morgan fingerprint density at radius 3 is 2.17 bits per heavy atom. The zero-order valence-corrected chi connectivity index (χ0v) is 11.4. The molecule has 2 amide bonds. The Kier molecular flexibility index (Phi) is 3.90. The maximum Gasteiger partial charge on any atom is 0.315 e. The molecule has 3 heteroatoms. The Morgan fingerprint density at radius 1 is 1.11 bits per heavy atom. The maximum atomic E-state index is 11.6. The molecular formula is C15H22N2O. The van der Waals surface area contributed by atoms with Gasteiger partial charge in [-0.2, -0.15) is 0 Å². The van der Waals surface area contributed by atoms with Crippen molar-refractivity contribution in [3.63, 3.8) is 0 Å². The van der Waals surface area contributed by atoms with E-state index in [2.05, 4.69) is 48.7 Å². The van der Waals surface area contributed by atoms with Crippen LogP contribution in [0.3, 0.4) is 0 Å². The first-order valence-corrected chi connectivity index (χ1v) is 6.73. The number of carbonyl (C=O) groups excluding carboxylic acids is 1. The summed E-state index contributed by atoms with van der Waals surface area (Å²) in [5.41, 5.74) is 2.47. The highest BCUT2D eigenvalue weighted by Crippen LogP contribution is 2.20. The molecule has 0 radical (unpaired) electrons. The summed E-state index contributed by atoms with van der Waals surface area (Å²) in [5.74, 6) is 0.542. The summed E-state index contributed by atoms with van der Waals surface area (Å²) in [6.45, 7) is 6.37. The van der Waals surface area contributed by atoms with Crippen LogP contribution in [0.15, 0.2) is 24.3 Å². The molecule has 0 aliphatic heterocycles. The summed E-state index contributed by atoms with van der Waals surface area (Å²) in [6.07, 6.45) is 2.23. The Labute approximate surface area is 109 Å². The van der Waals surface area contributed by atoms with E-state index in [1.165, 1.54) is 5.56 Å². The van der Waals surface area contributed by atoms with Gasteiger partial charge in [-0.15, -0.1) is 0 Å². The normalized spacial score (nSPS) is 16.4. The van der Waals surface area contributed by atoms with E-state index in [1.54, 1.807) is 0 Å². The van der Waals surface area contributed by atoms with Crippen molar-refractivity contribution in [2.45, 2.75) is 51.6 Å². The van der Waals surface area contributed by atoms with Gasteiger partial charge in [0.25, 0.3) is 0 Å². The number of urea groups is 1. The summed E-state index contributed by atoms with van der Waals surface area (Å²) >= 11 is 0. The van der Waals surface area contributed by atoms with Gasteiger partial charge in [-0.25, -0.2) is 4.79 Å². The summed E-state index contributed by atoms with van der Waals surface area (Å²) in [7, 11) is 0. The lowest BCUT2D eigenvalue weighted by atomic mass is 10.00. The highest BCUT2D eigenvalue weighted by atomic mass is 16.2. The van der Waals surface area contributed by atoms with E-state index in [9.17, 15) is 4.79 Å². The van der Waals surface area contributed by atoms with Gasteiger partial charge in [0, 0.05) is 6.04 Å². The Morgan fingerprint density at radius 2 is 1.67 bits per heavy atom. The lowest BCUT2D eigenvalue weighted by Gasteiger charge is -2.16. The van der Waals surface area contributed by atoms with Crippen molar-refractivity contribution in [2.24, 2.45) is 0 Å². The number of hydrogen-bond acceptors (Lipinski definition) is 1. The van der Waals surface area contributed by atoms with Crippen LogP contribution in [0.4, 0.5) is 4.79 Å². The van der Waals surface area contributed by atoms with E-state index < -0.39 is 0 Å². The fourth-order valence-corrected chi connectivity index (χ4v) is 1.90. The minimum absolute atomic E-state index is 0.0463. The SMILES string of the molecule is CC(C)c1ccc(C(C)NC(=O)NC2CC2)cc1. The smallest absolute Gasteiger partial charge is 0.315 e. The predicted octanol–water partition coefficient (Wildman–Crippen LogP) is 3.33. The van der Waals surface area contributed by atoms with Crippen LogP contribution >= 0.6 is 0 Å². The van der Waals surface area contributed by atoms with Crippen LogP contribution in [0.5, 0.6) is 0 Å². The van der Waals surface area contributed by atoms with Crippen LogP contribution < -0.4 is 10.6 Å². The predicted molar refractivity (Wildman–Crippen MR) is 73.6 cm³/mol. The van der Waals surface area contributed by atoms with E-state index in [-0.39, 0.29) is 12.1 Å². The van der Waals surface area contributed by atoms with Gasteiger partial charge in [0.1, 0.15) is 0 Å². The number of hydrogen-bond donors (Lipinski definition) is 2. The molecule has 2 rings (SSSR count). The molecule has 0 spiro atoms. The molecule has 0 saturated heterocycles. The third-order valence-corrected chi connectivity index (χ3v) is 3.36. The number of benzene rings is 1. The first-order chi connectivity index (χ1) is 8.56. The summed E-state index contributed by atoms with van der Waals surface area (Å²) < 4.78 is 0. The molecule has 1 saturated carbocycles. The van der Waals surface area contributed by atoms with Crippen molar-refractivity contribution in [3.8, 4) is 0 Å². The van der Waals surface area contributed by atoms with E-state index in [4.69, 9.17) is 0 Å². The first kappa shape index (κ1) is 12.9. The Balaban J connectivity index is 1.90. The van der Waals surface area contributed by atoms with Crippen LogP contribution in [0.25, 0.3) is 0 Å². The van der Waals surface area contributed by atoms with E-state index in [0.29, 0.717) is 12.0 Å². The average Bonchev–Trinajstić information content (AvgIpc) is 3.12. The van der Waals surface area contributed by atoms with Gasteiger partial charge < -0.3 is 10.6 Å². The molecule has 98 valence electrons.